The molecule has 2 N–H and O–H groups in total. The molecule has 2 aromatic rings. The van der Waals surface area contributed by atoms with Crippen LogP contribution in [0.1, 0.15) is 37.7 Å². The van der Waals surface area contributed by atoms with Gasteiger partial charge in [0.05, 0.1) is 25.9 Å². The van der Waals surface area contributed by atoms with Crippen molar-refractivity contribution in [3.8, 4) is 5.75 Å². The fourth-order valence-electron chi connectivity index (χ4n) is 4.25. The third-order valence-electron chi connectivity index (χ3n) is 6.07. The molecule has 0 bridgehead atoms. The van der Waals surface area contributed by atoms with Crippen LogP contribution in [0.5, 0.6) is 5.75 Å². The number of carbonyl (C=O) groups is 2. The van der Waals surface area contributed by atoms with Crippen molar-refractivity contribution in [2.45, 2.75) is 44.6 Å². The van der Waals surface area contributed by atoms with Gasteiger partial charge in [0.25, 0.3) is 0 Å². The Morgan fingerprint density at radius 2 is 1.61 bits per heavy atom. The summed E-state index contributed by atoms with van der Waals surface area (Å²) in [5.74, 6) is 0.806. The number of anilines is 2. The predicted molar refractivity (Wildman–Crippen MR) is 129 cm³/mol. The van der Waals surface area contributed by atoms with Crippen LogP contribution in [-0.2, 0) is 20.7 Å². The van der Waals surface area contributed by atoms with E-state index >= 15 is 0 Å². The molecule has 4 rings (SSSR count). The minimum Gasteiger partial charge on any atom is -0.490 e. The first-order valence-corrected chi connectivity index (χ1v) is 11.9. The first-order valence-electron chi connectivity index (χ1n) is 11.9. The number of amides is 2. The fraction of sp³-hybridized carbons (Fsp3) is 0.462. The number of nitrogens with one attached hydrogen (secondary N) is 2. The predicted octanol–water partition coefficient (Wildman–Crippen LogP) is 3.85. The Labute approximate surface area is 195 Å². The second-order valence-electron chi connectivity index (χ2n) is 8.73. The highest BCUT2D eigenvalue weighted by Gasteiger charge is 2.17. The van der Waals surface area contributed by atoms with Gasteiger partial charge in [-0.15, -0.1) is 0 Å². The van der Waals surface area contributed by atoms with Gasteiger partial charge < -0.3 is 20.1 Å². The molecular weight excluding hydrogens is 418 g/mol. The van der Waals surface area contributed by atoms with Gasteiger partial charge in [-0.3, -0.25) is 14.5 Å². The third kappa shape index (κ3) is 7.58. The molecule has 1 saturated heterocycles. The van der Waals surface area contributed by atoms with E-state index in [1.807, 2.05) is 24.3 Å². The van der Waals surface area contributed by atoms with Gasteiger partial charge in [0.2, 0.25) is 11.8 Å². The molecule has 33 heavy (non-hydrogen) atoms. The molecule has 2 aliphatic rings. The molecule has 1 heterocycles. The van der Waals surface area contributed by atoms with Crippen molar-refractivity contribution < 1.29 is 19.1 Å². The first-order chi connectivity index (χ1) is 16.1. The molecule has 0 radical (unpaired) electrons. The van der Waals surface area contributed by atoms with Crippen LogP contribution in [0.4, 0.5) is 11.4 Å². The van der Waals surface area contributed by atoms with Crippen LogP contribution in [0.25, 0.3) is 0 Å². The number of hydrogen-bond donors (Lipinski definition) is 2. The summed E-state index contributed by atoms with van der Waals surface area (Å²) >= 11 is 0. The summed E-state index contributed by atoms with van der Waals surface area (Å²) in [5.41, 5.74) is 2.52. The topological polar surface area (TPSA) is 79.9 Å². The number of ether oxygens (including phenoxy) is 2. The number of hydrogen-bond acceptors (Lipinski definition) is 5. The van der Waals surface area contributed by atoms with E-state index in [1.165, 1.54) is 12.8 Å². The quantitative estimate of drug-likeness (QED) is 0.605. The zero-order valence-corrected chi connectivity index (χ0v) is 19.1. The van der Waals surface area contributed by atoms with E-state index in [-0.39, 0.29) is 11.8 Å². The number of carbonyl (C=O) groups excluding carboxylic acids is 2. The van der Waals surface area contributed by atoms with E-state index in [9.17, 15) is 9.59 Å². The molecule has 2 fully saturated rings. The summed E-state index contributed by atoms with van der Waals surface area (Å²) in [6.07, 6.45) is 6.12. The van der Waals surface area contributed by atoms with Gasteiger partial charge in [-0.25, -0.2) is 0 Å². The van der Waals surface area contributed by atoms with Crippen molar-refractivity contribution in [3.63, 3.8) is 0 Å². The number of nitrogens with zero attached hydrogens (tertiary/aromatic N) is 1. The first kappa shape index (κ1) is 23.3. The van der Waals surface area contributed by atoms with Crippen molar-refractivity contribution in [3.05, 3.63) is 54.1 Å². The Kier molecular flexibility index (Phi) is 8.33. The van der Waals surface area contributed by atoms with Gasteiger partial charge >= 0.3 is 0 Å². The molecule has 7 nitrogen and oxygen atoms in total. The van der Waals surface area contributed by atoms with Gasteiger partial charge in [0, 0.05) is 30.9 Å². The monoisotopic (exact) mass is 451 g/mol. The van der Waals surface area contributed by atoms with E-state index in [4.69, 9.17) is 9.47 Å². The lowest BCUT2D eigenvalue weighted by atomic mass is 10.1. The van der Waals surface area contributed by atoms with Crippen LogP contribution >= 0.6 is 0 Å². The molecule has 0 atom stereocenters. The van der Waals surface area contributed by atoms with Crippen molar-refractivity contribution in [2.75, 3.05) is 43.5 Å². The third-order valence-corrected chi connectivity index (χ3v) is 6.07. The van der Waals surface area contributed by atoms with Crippen LogP contribution < -0.4 is 15.4 Å². The van der Waals surface area contributed by atoms with Crippen LogP contribution in [0.3, 0.4) is 0 Å². The highest BCUT2D eigenvalue weighted by Crippen LogP contribution is 2.25. The molecule has 2 aromatic carbocycles. The van der Waals surface area contributed by atoms with E-state index in [2.05, 4.69) is 15.5 Å². The normalized spacial score (nSPS) is 17.0. The fourth-order valence-corrected chi connectivity index (χ4v) is 4.25. The number of benzene rings is 2. The van der Waals surface area contributed by atoms with Crippen LogP contribution in [0, 0.1) is 0 Å². The van der Waals surface area contributed by atoms with Gasteiger partial charge in [-0.1, -0.05) is 12.1 Å². The highest BCUT2D eigenvalue weighted by atomic mass is 16.5. The SMILES string of the molecule is O=C(CCc1cccc(OC2CCCC2)c1)Nc1ccc(NC(=O)CN2CCOCC2)cc1. The summed E-state index contributed by atoms with van der Waals surface area (Å²) in [4.78, 5) is 26.7. The highest BCUT2D eigenvalue weighted by molar-refractivity contribution is 5.93. The summed E-state index contributed by atoms with van der Waals surface area (Å²) in [6, 6.07) is 15.3. The van der Waals surface area contributed by atoms with Crippen molar-refractivity contribution in [2.24, 2.45) is 0 Å². The molecule has 176 valence electrons. The lowest BCUT2D eigenvalue weighted by Crippen LogP contribution is -2.41. The number of morpholine rings is 1. The second-order valence-corrected chi connectivity index (χ2v) is 8.73. The maximum atomic E-state index is 12.4. The second kappa shape index (κ2) is 11.8. The lowest BCUT2D eigenvalue weighted by molar-refractivity contribution is -0.118. The molecular formula is C26H33N3O4. The van der Waals surface area contributed by atoms with Gasteiger partial charge in [0.1, 0.15) is 5.75 Å². The van der Waals surface area contributed by atoms with Gasteiger partial charge in [-0.2, -0.15) is 0 Å². The molecule has 1 aliphatic heterocycles. The number of aryl methyl sites for hydroxylation is 1. The Morgan fingerprint density at radius 1 is 0.939 bits per heavy atom. The Hall–Kier alpha value is -2.90. The summed E-state index contributed by atoms with van der Waals surface area (Å²) in [5, 5.41) is 5.83. The maximum absolute atomic E-state index is 12.4. The minimum atomic E-state index is -0.0483. The maximum Gasteiger partial charge on any atom is 0.238 e. The van der Waals surface area contributed by atoms with Gasteiger partial charge in [0.15, 0.2) is 0 Å². The van der Waals surface area contributed by atoms with E-state index < -0.39 is 0 Å². The van der Waals surface area contributed by atoms with E-state index in [0.717, 1.165) is 37.2 Å². The zero-order valence-electron chi connectivity index (χ0n) is 19.1. The van der Waals surface area contributed by atoms with E-state index in [1.54, 1.807) is 24.3 Å². The molecule has 0 spiro atoms. The van der Waals surface area contributed by atoms with Gasteiger partial charge in [-0.05, 0) is 74.1 Å². The smallest absolute Gasteiger partial charge is 0.238 e. The Morgan fingerprint density at radius 3 is 2.30 bits per heavy atom. The van der Waals surface area contributed by atoms with Crippen LogP contribution in [-0.4, -0.2) is 55.7 Å². The zero-order chi connectivity index (χ0) is 22.9. The van der Waals surface area contributed by atoms with E-state index in [0.29, 0.717) is 50.1 Å². The average molecular weight is 452 g/mol. The minimum absolute atomic E-state index is 0.0405. The Bertz CT molecular complexity index is 919. The summed E-state index contributed by atoms with van der Waals surface area (Å²) in [7, 11) is 0. The average Bonchev–Trinajstić information content (AvgIpc) is 3.33. The van der Waals surface area contributed by atoms with Crippen molar-refractivity contribution >= 4 is 23.2 Å². The standard InChI is InChI=1S/C26H33N3O4/c30-25(13-8-20-4-3-7-24(18-20)33-23-5-1-2-6-23)27-21-9-11-22(12-10-21)28-26(31)19-29-14-16-32-17-15-29/h3-4,7,9-12,18,23H,1-2,5-6,8,13-17,19H2,(H,27,30)(H,28,31). The van der Waals surface area contributed by atoms with Crippen molar-refractivity contribution in [1.29, 1.82) is 0 Å². The number of rotatable bonds is 9. The molecule has 2 amide bonds. The molecule has 0 aromatic heterocycles. The molecule has 1 saturated carbocycles. The molecule has 0 unspecified atom stereocenters. The summed E-state index contributed by atoms with van der Waals surface area (Å²) < 4.78 is 11.4. The summed E-state index contributed by atoms with van der Waals surface area (Å²) in [6.45, 7) is 3.24. The molecule has 1 aliphatic carbocycles. The largest absolute Gasteiger partial charge is 0.490 e. The Balaban J connectivity index is 1.20. The van der Waals surface area contributed by atoms with Crippen LogP contribution in [0.2, 0.25) is 0 Å². The molecule has 7 heteroatoms. The van der Waals surface area contributed by atoms with Crippen LogP contribution in [0.15, 0.2) is 48.5 Å². The van der Waals surface area contributed by atoms with Crippen molar-refractivity contribution in [1.82, 2.24) is 4.90 Å². The lowest BCUT2D eigenvalue weighted by Gasteiger charge is -2.25.